The molecule has 0 unspecified atom stereocenters. The van der Waals surface area contributed by atoms with Crippen LogP contribution in [0, 0.1) is 10.1 Å². The van der Waals surface area contributed by atoms with Crippen LogP contribution in [-0.2, 0) is 9.53 Å². The van der Waals surface area contributed by atoms with Crippen LogP contribution in [0.2, 0.25) is 0 Å². The molecule has 0 aliphatic heterocycles. The van der Waals surface area contributed by atoms with Crippen LogP contribution < -0.4 is 0 Å². The van der Waals surface area contributed by atoms with Gasteiger partial charge in [0, 0.05) is 11.0 Å². The lowest BCUT2D eigenvalue weighted by Crippen LogP contribution is -2.49. The Bertz CT molecular complexity index is 712. The van der Waals surface area contributed by atoms with E-state index >= 15 is 0 Å². The molecule has 0 N–H and O–H groups in total. The number of nitro benzene ring substituents is 1. The summed E-state index contributed by atoms with van der Waals surface area (Å²) in [5, 5.41) is 5.42. The van der Waals surface area contributed by atoms with Crippen LogP contribution in [0.25, 0.3) is 0 Å². The van der Waals surface area contributed by atoms with Crippen molar-refractivity contribution in [1.29, 1.82) is 0 Å². The molecule has 27 heavy (non-hydrogen) atoms. The number of hydrogen-bond donors (Lipinski definition) is 0. The predicted molar refractivity (Wildman–Crippen MR) is 82.3 cm³/mol. The molecule has 0 radical (unpaired) electrons. The minimum Gasteiger partial charge on any atom is -0.465 e. The van der Waals surface area contributed by atoms with Crippen LogP contribution in [0.5, 0.6) is 0 Å². The Morgan fingerprint density at radius 1 is 1.19 bits per heavy atom. The molecule has 0 saturated carbocycles. The van der Waals surface area contributed by atoms with Gasteiger partial charge < -0.3 is 4.74 Å². The molecule has 0 aromatic heterocycles. The lowest BCUT2D eigenvalue weighted by molar-refractivity contribution is -0.387. The molecule has 0 saturated heterocycles. The predicted octanol–water partition coefficient (Wildman–Crippen LogP) is 5.13. The van der Waals surface area contributed by atoms with Crippen molar-refractivity contribution in [2.24, 2.45) is 0 Å². The van der Waals surface area contributed by atoms with Crippen molar-refractivity contribution in [2.75, 3.05) is 12.4 Å². The first-order chi connectivity index (χ1) is 12.2. The second kappa shape index (κ2) is 8.54. The fourth-order valence-corrected chi connectivity index (χ4v) is 3.19. The number of carbonyl (C=O) groups is 1. The summed E-state index contributed by atoms with van der Waals surface area (Å²) in [6, 6.07) is 2.01. The molecular formula is C13H10F7NO4S2. The topological polar surface area (TPSA) is 69.4 Å². The number of alkyl halides is 7. The number of thioether (sulfide) groups is 2. The molecule has 5 nitrogen and oxygen atoms in total. The van der Waals surface area contributed by atoms with E-state index in [4.69, 9.17) is 0 Å². The van der Waals surface area contributed by atoms with E-state index in [1.54, 1.807) is 0 Å². The number of rotatable bonds is 8. The number of nitrogens with zero attached hydrogens (tertiary/aromatic N) is 1. The van der Waals surface area contributed by atoms with Crippen molar-refractivity contribution in [3.8, 4) is 0 Å². The standard InChI is InChI=1S/C13H10F7NO4S2/c1-2-25-10(22)6-26-9-4-3-7(5-8(9)21(23)24)27-13(19,20)11(14,15)12(16,17)18/h3-5H,2,6H2,1H3. The molecule has 0 bridgehead atoms. The Hall–Kier alpha value is -1.70. The minimum atomic E-state index is -6.51. The van der Waals surface area contributed by atoms with E-state index in [-0.39, 0.29) is 17.3 Å². The summed E-state index contributed by atoms with van der Waals surface area (Å²) in [7, 11) is 0. The number of benzene rings is 1. The van der Waals surface area contributed by atoms with Gasteiger partial charge in [0.2, 0.25) is 0 Å². The highest BCUT2D eigenvalue weighted by atomic mass is 32.2. The largest absolute Gasteiger partial charge is 0.465 e. The van der Waals surface area contributed by atoms with Gasteiger partial charge in [-0.05, 0) is 30.8 Å². The van der Waals surface area contributed by atoms with Gasteiger partial charge in [-0.15, -0.1) is 11.8 Å². The Morgan fingerprint density at radius 3 is 2.26 bits per heavy atom. The van der Waals surface area contributed by atoms with E-state index in [1.165, 1.54) is 6.92 Å². The smallest absolute Gasteiger partial charge is 0.460 e. The summed E-state index contributed by atoms with van der Waals surface area (Å²) >= 11 is -0.537. The number of hydrogen-bond acceptors (Lipinski definition) is 6. The molecule has 0 aliphatic rings. The quantitative estimate of drug-likeness (QED) is 0.183. The minimum absolute atomic E-state index is 0.0551. The highest BCUT2D eigenvalue weighted by Crippen LogP contribution is 2.54. The number of halogens is 7. The van der Waals surface area contributed by atoms with Crippen molar-refractivity contribution in [3.63, 3.8) is 0 Å². The first kappa shape index (κ1) is 23.3. The number of esters is 1. The highest BCUT2D eigenvalue weighted by molar-refractivity contribution is 8.00. The lowest BCUT2D eigenvalue weighted by Gasteiger charge is -2.27. The van der Waals surface area contributed by atoms with Crippen LogP contribution in [0.1, 0.15) is 6.92 Å². The summed E-state index contributed by atoms with van der Waals surface area (Å²) in [5.74, 6) is -7.42. The van der Waals surface area contributed by atoms with Crippen LogP contribution >= 0.6 is 23.5 Å². The summed E-state index contributed by atoms with van der Waals surface area (Å²) in [4.78, 5) is 20.2. The molecule has 0 spiro atoms. The maximum Gasteiger partial charge on any atom is 0.460 e. The normalized spacial score (nSPS) is 12.7. The van der Waals surface area contributed by atoms with Crippen molar-refractivity contribution >= 4 is 35.2 Å². The van der Waals surface area contributed by atoms with Crippen LogP contribution in [0.15, 0.2) is 28.0 Å². The van der Waals surface area contributed by atoms with Crippen molar-refractivity contribution in [1.82, 2.24) is 0 Å². The van der Waals surface area contributed by atoms with Gasteiger partial charge in [-0.3, -0.25) is 14.9 Å². The molecule has 0 heterocycles. The van der Waals surface area contributed by atoms with Gasteiger partial charge in [-0.25, -0.2) is 0 Å². The van der Waals surface area contributed by atoms with E-state index < -0.39 is 50.6 Å². The van der Waals surface area contributed by atoms with Crippen LogP contribution in [-0.4, -0.2) is 40.6 Å². The Morgan fingerprint density at radius 2 is 1.78 bits per heavy atom. The van der Waals surface area contributed by atoms with Crippen molar-refractivity contribution in [3.05, 3.63) is 28.3 Å². The van der Waals surface area contributed by atoms with Crippen molar-refractivity contribution in [2.45, 2.75) is 34.1 Å². The number of nitro groups is 1. The van der Waals surface area contributed by atoms with Crippen LogP contribution in [0.3, 0.4) is 0 Å². The van der Waals surface area contributed by atoms with Crippen LogP contribution in [0.4, 0.5) is 36.4 Å². The molecule has 1 rings (SSSR count). The monoisotopic (exact) mass is 441 g/mol. The molecule has 0 atom stereocenters. The summed E-state index contributed by atoms with van der Waals surface area (Å²) in [5.41, 5.74) is -0.833. The number of ether oxygens (including phenoxy) is 1. The zero-order valence-corrected chi connectivity index (χ0v) is 14.8. The van der Waals surface area contributed by atoms with E-state index in [2.05, 4.69) is 4.74 Å². The highest BCUT2D eigenvalue weighted by Gasteiger charge is 2.73. The summed E-state index contributed by atoms with van der Waals surface area (Å²) in [6.45, 7) is 1.58. The zero-order valence-electron chi connectivity index (χ0n) is 13.2. The molecule has 0 aliphatic carbocycles. The average molecular weight is 441 g/mol. The molecule has 152 valence electrons. The second-order valence-corrected chi connectivity index (χ2v) is 6.88. The molecule has 1 aromatic rings. The third-order valence-electron chi connectivity index (χ3n) is 2.75. The van der Waals surface area contributed by atoms with E-state index in [9.17, 15) is 45.6 Å². The SMILES string of the molecule is CCOC(=O)CSc1ccc(SC(F)(F)C(F)(F)C(F)(F)F)cc1[N+](=O)[O-]. The van der Waals surface area contributed by atoms with Gasteiger partial charge in [-0.2, -0.15) is 30.7 Å². The fraction of sp³-hybridized carbons (Fsp3) is 0.462. The van der Waals surface area contributed by atoms with Gasteiger partial charge in [0.05, 0.1) is 22.2 Å². The number of carbonyl (C=O) groups excluding carboxylic acids is 1. The Balaban J connectivity index is 3.09. The third-order valence-corrected chi connectivity index (χ3v) is 4.78. The maximum atomic E-state index is 13.4. The first-order valence-electron chi connectivity index (χ1n) is 6.81. The van der Waals surface area contributed by atoms with E-state index in [1.807, 2.05) is 0 Å². The Labute approximate surface area is 155 Å². The Kier molecular flexibility index (Phi) is 7.38. The van der Waals surface area contributed by atoms with Crippen molar-refractivity contribution < 1.29 is 45.2 Å². The van der Waals surface area contributed by atoms with E-state index in [0.717, 1.165) is 6.07 Å². The molecule has 0 fully saturated rings. The lowest BCUT2D eigenvalue weighted by atomic mass is 10.3. The second-order valence-electron chi connectivity index (χ2n) is 4.67. The molecule has 1 aromatic carbocycles. The third kappa shape index (κ3) is 5.64. The van der Waals surface area contributed by atoms with E-state index in [0.29, 0.717) is 23.9 Å². The van der Waals surface area contributed by atoms with Gasteiger partial charge in [0.1, 0.15) is 0 Å². The fourth-order valence-electron chi connectivity index (χ4n) is 1.54. The first-order valence-corrected chi connectivity index (χ1v) is 8.61. The van der Waals surface area contributed by atoms with Gasteiger partial charge in [-0.1, -0.05) is 0 Å². The van der Waals surface area contributed by atoms with Gasteiger partial charge in [0.25, 0.3) is 5.69 Å². The maximum absolute atomic E-state index is 13.4. The molecule has 0 amide bonds. The average Bonchev–Trinajstić information content (AvgIpc) is 2.52. The molecular weight excluding hydrogens is 431 g/mol. The summed E-state index contributed by atoms with van der Waals surface area (Å²) < 4.78 is 93.7. The molecule has 14 heteroatoms. The zero-order chi connectivity index (χ0) is 21.0. The van der Waals surface area contributed by atoms with Gasteiger partial charge >= 0.3 is 23.3 Å². The summed E-state index contributed by atoms with van der Waals surface area (Å²) in [6.07, 6.45) is -6.51. The van der Waals surface area contributed by atoms with Gasteiger partial charge in [0.15, 0.2) is 0 Å².